The number of primary amides is 1. The fourth-order valence-corrected chi connectivity index (χ4v) is 4.93. The molecule has 1 atom stereocenters. The third-order valence-electron chi connectivity index (χ3n) is 6.00. The minimum Gasteiger partial charge on any atom is -0.351 e. The molecule has 2 aromatic carbocycles. The van der Waals surface area contributed by atoms with Gasteiger partial charge in [0, 0.05) is 11.1 Å². The predicted molar refractivity (Wildman–Crippen MR) is 127 cm³/mol. The Hall–Kier alpha value is -2.01. The van der Waals surface area contributed by atoms with Gasteiger partial charge in [0.25, 0.3) is 0 Å². The van der Waals surface area contributed by atoms with Crippen LogP contribution in [0.15, 0.2) is 36.4 Å². The molecule has 3 aromatic rings. The van der Waals surface area contributed by atoms with Crippen LogP contribution in [0.3, 0.4) is 0 Å². The maximum atomic E-state index is 13.6. The Kier molecular flexibility index (Phi) is 6.61. The van der Waals surface area contributed by atoms with Gasteiger partial charge in [0.2, 0.25) is 0 Å². The third-order valence-corrected chi connectivity index (χ3v) is 7.02. The molecular formula is C24H22Cl3FN2O. The zero-order valence-electron chi connectivity index (χ0n) is 16.8. The van der Waals surface area contributed by atoms with Crippen molar-refractivity contribution in [3.8, 4) is 0 Å². The predicted octanol–water partition coefficient (Wildman–Crippen LogP) is 7.66. The Bertz CT molecular complexity index is 1190. The summed E-state index contributed by atoms with van der Waals surface area (Å²) in [5.74, 6) is 0.0508. The first-order valence-corrected chi connectivity index (χ1v) is 11.4. The number of rotatable bonds is 3. The molecule has 31 heavy (non-hydrogen) atoms. The molecule has 3 nitrogen and oxygen atoms in total. The fourth-order valence-electron chi connectivity index (χ4n) is 4.49. The average molecular weight is 480 g/mol. The number of fused-ring (bicyclic) bond motifs is 3. The minimum absolute atomic E-state index is 0.125. The first-order chi connectivity index (χ1) is 14.8. The Morgan fingerprint density at radius 2 is 1.87 bits per heavy atom. The van der Waals surface area contributed by atoms with Crippen molar-refractivity contribution < 1.29 is 9.18 Å². The number of carbonyl (C=O) groups is 1. The van der Waals surface area contributed by atoms with Crippen molar-refractivity contribution in [1.29, 1.82) is 0 Å². The highest BCUT2D eigenvalue weighted by molar-refractivity contribution is 6.42. The number of halogens is 4. The zero-order chi connectivity index (χ0) is 22.1. The molecule has 0 spiro atoms. The van der Waals surface area contributed by atoms with E-state index in [1.165, 1.54) is 6.07 Å². The largest absolute Gasteiger partial charge is 0.351 e. The van der Waals surface area contributed by atoms with Gasteiger partial charge in [0.1, 0.15) is 5.82 Å². The summed E-state index contributed by atoms with van der Waals surface area (Å²) < 4.78 is 15.2. The maximum Gasteiger partial charge on any atom is 0.323 e. The number of nitrogens with zero attached hydrogens (tertiary/aromatic N) is 1. The van der Waals surface area contributed by atoms with Crippen LogP contribution in [0.4, 0.5) is 9.18 Å². The van der Waals surface area contributed by atoms with Gasteiger partial charge in [-0.05, 0) is 79.8 Å². The lowest BCUT2D eigenvalue weighted by Gasteiger charge is -2.20. The molecule has 162 valence electrons. The van der Waals surface area contributed by atoms with Gasteiger partial charge in [-0.3, -0.25) is 4.57 Å². The summed E-state index contributed by atoms with van der Waals surface area (Å²) in [7, 11) is 0. The lowest BCUT2D eigenvalue weighted by Crippen LogP contribution is -2.22. The van der Waals surface area contributed by atoms with Crippen molar-refractivity contribution in [3.05, 3.63) is 74.1 Å². The van der Waals surface area contributed by atoms with Crippen molar-refractivity contribution in [2.45, 2.75) is 38.5 Å². The van der Waals surface area contributed by atoms with E-state index in [0.717, 1.165) is 66.2 Å². The quantitative estimate of drug-likeness (QED) is 0.412. The molecule has 0 saturated heterocycles. The van der Waals surface area contributed by atoms with Crippen LogP contribution in [-0.4, -0.2) is 10.6 Å². The molecule has 0 aliphatic heterocycles. The standard InChI is InChI=1S/C24H22Cl3FN2O/c25-18-9-7-15(11-21(18)28)5-1-3-14-4-2-6-16-17-12-19(26)20(27)13-23(17)30(24(29)31)22(16)10-8-14/h1,5,7,9,11-14H,2-4,6,8,10H2,(H2,29,31)/b5-1+. The van der Waals surface area contributed by atoms with Gasteiger partial charge in [0.05, 0.1) is 20.6 Å². The molecule has 4 rings (SSSR count). The number of nitrogens with two attached hydrogens (primary N) is 1. The van der Waals surface area contributed by atoms with Crippen molar-refractivity contribution in [2.24, 2.45) is 11.7 Å². The molecule has 2 N–H and O–H groups in total. The van der Waals surface area contributed by atoms with E-state index in [2.05, 4.69) is 6.08 Å². The Labute approximate surface area is 195 Å². The third kappa shape index (κ3) is 4.62. The minimum atomic E-state index is -0.508. The molecule has 0 saturated carbocycles. The van der Waals surface area contributed by atoms with Gasteiger partial charge in [-0.2, -0.15) is 0 Å². The SMILES string of the molecule is NC(=O)n1c2c(c3cc(Cl)c(Cl)cc31)CCCC(C/C=C/c1ccc(Cl)c(F)c1)CC2. The second-order valence-electron chi connectivity index (χ2n) is 7.99. The van der Waals surface area contributed by atoms with Crippen LogP contribution in [0.5, 0.6) is 0 Å². The summed E-state index contributed by atoms with van der Waals surface area (Å²) >= 11 is 18.2. The number of aryl methyl sites for hydroxylation is 1. The van der Waals surface area contributed by atoms with Crippen LogP contribution >= 0.6 is 34.8 Å². The van der Waals surface area contributed by atoms with Crippen LogP contribution in [0, 0.1) is 11.7 Å². The smallest absolute Gasteiger partial charge is 0.323 e. The number of hydrogen-bond donors (Lipinski definition) is 1. The Morgan fingerprint density at radius 3 is 2.61 bits per heavy atom. The number of carbonyl (C=O) groups excluding carboxylic acids is 1. The number of benzene rings is 2. The molecule has 0 radical (unpaired) electrons. The Balaban J connectivity index is 1.56. The van der Waals surface area contributed by atoms with Gasteiger partial charge in [-0.25, -0.2) is 9.18 Å². The highest BCUT2D eigenvalue weighted by Gasteiger charge is 2.24. The van der Waals surface area contributed by atoms with E-state index in [-0.39, 0.29) is 5.02 Å². The summed E-state index contributed by atoms with van der Waals surface area (Å²) in [4.78, 5) is 12.3. The van der Waals surface area contributed by atoms with Gasteiger partial charge in [-0.15, -0.1) is 0 Å². The second kappa shape index (κ2) is 9.23. The van der Waals surface area contributed by atoms with Crippen LogP contribution in [0.25, 0.3) is 17.0 Å². The highest BCUT2D eigenvalue weighted by Crippen LogP contribution is 2.37. The average Bonchev–Trinajstić information content (AvgIpc) is 2.98. The maximum absolute atomic E-state index is 13.6. The molecule has 0 fully saturated rings. The van der Waals surface area contributed by atoms with Gasteiger partial charge in [-0.1, -0.05) is 53.0 Å². The Morgan fingerprint density at radius 1 is 1.10 bits per heavy atom. The van der Waals surface area contributed by atoms with Crippen molar-refractivity contribution in [2.75, 3.05) is 0 Å². The number of allylic oxidation sites excluding steroid dienone is 1. The van der Waals surface area contributed by atoms with E-state index >= 15 is 0 Å². The number of hydrogen-bond acceptors (Lipinski definition) is 1. The molecule has 1 heterocycles. The van der Waals surface area contributed by atoms with Crippen molar-refractivity contribution >= 4 is 57.8 Å². The normalized spacial score (nSPS) is 17.0. The van der Waals surface area contributed by atoms with Crippen LogP contribution in [0.1, 0.15) is 42.5 Å². The molecular weight excluding hydrogens is 458 g/mol. The van der Waals surface area contributed by atoms with Crippen LogP contribution in [-0.2, 0) is 12.8 Å². The topological polar surface area (TPSA) is 48.0 Å². The molecule has 0 bridgehead atoms. The molecule has 1 aromatic heterocycles. The van der Waals surface area contributed by atoms with E-state index in [1.807, 2.05) is 12.1 Å². The summed E-state index contributed by atoms with van der Waals surface area (Å²) in [6.07, 6.45) is 9.49. The summed E-state index contributed by atoms with van der Waals surface area (Å²) in [5, 5.41) is 1.96. The van der Waals surface area contributed by atoms with Crippen LogP contribution in [0.2, 0.25) is 15.1 Å². The molecule has 1 unspecified atom stereocenters. The number of aromatic nitrogens is 1. The molecule has 1 amide bonds. The lowest BCUT2D eigenvalue weighted by atomic mass is 9.87. The molecule has 1 aliphatic carbocycles. The second-order valence-corrected chi connectivity index (χ2v) is 9.21. The summed E-state index contributed by atoms with van der Waals surface area (Å²) in [6, 6.07) is 7.85. The van der Waals surface area contributed by atoms with E-state index < -0.39 is 11.8 Å². The van der Waals surface area contributed by atoms with Crippen molar-refractivity contribution in [1.82, 2.24) is 4.57 Å². The van der Waals surface area contributed by atoms with E-state index in [0.29, 0.717) is 16.0 Å². The van der Waals surface area contributed by atoms with E-state index in [9.17, 15) is 9.18 Å². The monoisotopic (exact) mass is 478 g/mol. The molecule has 7 heteroatoms. The van der Waals surface area contributed by atoms with E-state index in [1.54, 1.807) is 22.8 Å². The first kappa shape index (κ1) is 22.2. The highest BCUT2D eigenvalue weighted by atomic mass is 35.5. The summed E-state index contributed by atoms with van der Waals surface area (Å²) in [6.45, 7) is 0. The zero-order valence-corrected chi connectivity index (χ0v) is 19.1. The number of amides is 1. The first-order valence-electron chi connectivity index (χ1n) is 10.3. The fraction of sp³-hybridized carbons (Fsp3) is 0.292. The van der Waals surface area contributed by atoms with Crippen LogP contribution < -0.4 is 5.73 Å². The van der Waals surface area contributed by atoms with Gasteiger partial charge >= 0.3 is 6.03 Å². The lowest BCUT2D eigenvalue weighted by molar-refractivity contribution is 0.250. The van der Waals surface area contributed by atoms with Gasteiger partial charge in [0.15, 0.2) is 0 Å². The molecule has 1 aliphatic rings. The summed E-state index contributed by atoms with van der Waals surface area (Å²) in [5.41, 5.74) is 9.32. The van der Waals surface area contributed by atoms with Crippen molar-refractivity contribution in [3.63, 3.8) is 0 Å². The van der Waals surface area contributed by atoms with E-state index in [4.69, 9.17) is 40.5 Å². The van der Waals surface area contributed by atoms with Gasteiger partial charge < -0.3 is 5.73 Å².